The molecule has 18 heavy (non-hydrogen) atoms. The number of aromatic nitrogens is 2. The molecule has 0 aromatic carbocycles. The Morgan fingerprint density at radius 2 is 2.39 bits per heavy atom. The third-order valence-electron chi connectivity index (χ3n) is 2.50. The molecular weight excluding hydrogens is 252 g/mol. The number of aromatic amines is 1. The van der Waals surface area contributed by atoms with Crippen molar-refractivity contribution in [2.75, 3.05) is 5.73 Å². The fourth-order valence-corrected chi connectivity index (χ4v) is 2.23. The van der Waals surface area contributed by atoms with Gasteiger partial charge in [-0.05, 0) is 13.0 Å². The molecule has 96 valence electrons. The molecule has 0 fully saturated rings. The van der Waals surface area contributed by atoms with Crippen molar-refractivity contribution in [2.24, 2.45) is 0 Å². The second-order valence-electron chi connectivity index (χ2n) is 3.80. The van der Waals surface area contributed by atoms with Gasteiger partial charge in [-0.1, -0.05) is 11.3 Å². The van der Waals surface area contributed by atoms with Gasteiger partial charge in [-0.3, -0.25) is 9.59 Å². The highest BCUT2D eigenvalue weighted by atomic mass is 32.1. The van der Waals surface area contributed by atoms with E-state index in [1.807, 2.05) is 6.92 Å². The lowest BCUT2D eigenvalue weighted by Gasteiger charge is -2.06. The second kappa shape index (κ2) is 5.09. The van der Waals surface area contributed by atoms with Gasteiger partial charge in [-0.25, -0.2) is 0 Å². The molecule has 0 saturated heterocycles. The summed E-state index contributed by atoms with van der Waals surface area (Å²) in [6.45, 7) is 2.91. The van der Waals surface area contributed by atoms with Gasteiger partial charge in [0, 0.05) is 23.8 Å². The van der Waals surface area contributed by atoms with Crippen molar-refractivity contribution in [2.45, 2.75) is 20.0 Å². The molecule has 4 N–H and O–H groups in total. The standard InChI is InChI=1S/C11H14N4O2S/c1-2-15-5-7(12)3-9(15)10(16)13-4-8-6-18-11(17)14-8/h3,5-6H,2,4,12H2,1H3,(H,13,16)(H,14,17). The van der Waals surface area contributed by atoms with E-state index in [-0.39, 0.29) is 10.8 Å². The van der Waals surface area contributed by atoms with E-state index < -0.39 is 0 Å². The van der Waals surface area contributed by atoms with E-state index >= 15 is 0 Å². The van der Waals surface area contributed by atoms with E-state index in [4.69, 9.17) is 5.73 Å². The van der Waals surface area contributed by atoms with Crippen LogP contribution in [0.4, 0.5) is 5.69 Å². The normalized spacial score (nSPS) is 10.5. The number of nitrogens with one attached hydrogen (secondary N) is 2. The summed E-state index contributed by atoms with van der Waals surface area (Å²) >= 11 is 1.08. The zero-order valence-corrected chi connectivity index (χ0v) is 10.7. The number of thiazole rings is 1. The Morgan fingerprint density at radius 1 is 1.61 bits per heavy atom. The average molecular weight is 266 g/mol. The van der Waals surface area contributed by atoms with Gasteiger partial charge in [0.15, 0.2) is 0 Å². The van der Waals surface area contributed by atoms with Crippen molar-refractivity contribution < 1.29 is 4.79 Å². The summed E-state index contributed by atoms with van der Waals surface area (Å²) in [7, 11) is 0. The molecule has 0 bridgehead atoms. The fraction of sp³-hybridized carbons (Fsp3) is 0.273. The number of hydrogen-bond donors (Lipinski definition) is 3. The van der Waals surface area contributed by atoms with E-state index in [2.05, 4.69) is 10.3 Å². The molecule has 0 atom stereocenters. The summed E-state index contributed by atoms with van der Waals surface area (Å²) in [5, 5.41) is 4.43. The number of nitrogens with zero attached hydrogens (tertiary/aromatic N) is 1. The zero-order valence-electron chi connectivity index (χ0n) is 9.90. The molecule has 0 aliphatic heterocycles. The van der Waals surface area contributed by atoms with Gasteiger partial charge >= 0.3 is 4.87 Å². The SMILES string of the molecule is CCn1cc(N)cc1C(=O)NCc1csc(=O)[nH]1. The Bertz CT molecular complexity index is 611. The first-order chi connectivity index (χ1) is 8.60. The molecule has 2 heterocycles. The van der Waals surface area contributed by atoms with Crippen molar-refractivity contribution >= 4 is 22.9 Å². The Labute approximate surface area is 107 Å². The Hall–Kier alpha value is -2.02. The molecule has 6 nitrogen and oxygen atoms in total. The maximum Gasteiger partial charge on any atom is 0.304 e. The van der Waals surface area contributed by atoms with Crippen molar-refractivity contribution in [3.05, 3.63) is 38.7 Å². The number of anilines is 1. The van der Waals surface area contributed by atoms with Crippen LogP contribution in [-0.2, 0) is 13.1 Å². The van der Waals surface area contributed by atoms with Crippen LogP contribution in [0.3, 0.4) is 0 Å². The molecule has 0 aliphatic carbocycles. The Balaban J connectivity index is 2.05. The van der Waals surface area contributed by atoms with Gasteiger partial charge in [0.25, 0.3) is 5.91 Å². The number of rotatable bonds is 4. The lowest BCUT2D eigenvalue weighted by molar-refractivity contribution is 0.0941. The number of nitrogen functional groups attached to an aromatic ring is 1. The molecule has 0 spiro atoms. The lowest BCUT2D eigenvalue weighted by Crippen LogP contribution is -2.25. The molecule has 2 aromatic heterocycles. The third kappa shape index (κ3) is 2.62. The van der Waals surface area contributed by atoms with Crippen molar-refractivity contribution in [3.63, 3.8) is 0 Å². The topological polar surface area (TPSA) is 92.9 Å². The fourth-order valence-electron chi connectivity index (χ4n) is 1.65. The number of nitrogens with two attached hydrogens (primary N) is 1. The van der Waals surface area contributed by atoms with Gasteiger partial charge in [0.1, 0.15) is 5.69 Å². The summed E-state index contributed by atoms with van der Waals surface area (Å²) in [6, 6.07) is 1.63. The first-order valence-corrected chi connectivity index (χ1v) is 6.38. The lowest BCUT2D eigenvalue weighted by atomic mass is 10.3. The molecule has 7 heteroatoms. The minimum absolute atomic E-state index is 0.125. The molecule has 2 rings (SSSR count). The second-order valence-corrected chi connectivity index (χ2v) is 4.64. The Morgan fingerprint density at radius 3 is 3.00 bits per heavy atom. The monoisotopic (exact) mass is 266 g/mol. The minimum Gasteiger partial charge on any atom is -0.397 e. The number of amides is 1. The number of hydrogen-bond acceptors (Lipinski definition) is 4. The van der Waals surface area contributed by atoms with Crippen LogP contribution < -0.4 is 15.9 Å². The van der Waals surface area contributed by atoms with E-state index in [0.717, 1.165) is 11.3 Å². The Kier molecular flexibility index (Phi) is 3.52. The predicted molar refractivity (Wildman–Crippen MR) is 70.6 cm³/mol. The summed E-state index contributed by atoms with van der Waals surface area (Å²) in [5.74, 6) is -0.208. The van der Waals surface area contributed by atoms with E-state index in [1.165, 1.54) is 0 Å². The molecule has 0 saturated carbocycles. The van der Waals surface area contributed by atoms with E-state index in [1.54, 1.807) is 22.2 Å². The molecule has 0 radical (unpaired) electrons. The summed E-state index contributed by atoms with van der Waals surface area (Å²) in [5.41, 5.74) is 7.43. The predicted octanol–water partition coefficient (Wildman–Crippen LogP) is 0.770. The highest BCUT2D eigenvalue weighted by molar-refractivity contribution is 7.07. The largest absolute Gasteiger partial charge is 0.397 e. The molecule has 2 aromatic rings. The highest BCUT2D eigenvalue weighted by Crippen LogP contribution is 2.10. The third-order valence-corrected chi connectivity index (χ3v) is 3.22. The van der Waals surface area contributed by atoms with Crippen molar-refractivity contribution in [3.8, 4) is 0 Å². The average Bonchev–Trinajstić information content (AvgIpc) is 2.92. The summed E-state index contributed by atoms with van der Waals surface area (Å²) in [6.07, 6.45) is 1.72. The van der Waals surface area contributed by atoms with Gasteiger partial charge in [0.05, 0.1) is 12.2 Å². The van der Waals surface area contributed by atoms with Gasteiger partial charge in [0.2, 0.25) is 0 Å². The van der Waals surface area contributed by atoms with Crippen LogP contribution >= 0.6 is 11.3 Å². The minimum atomic E-state index is -0.208. The van der Waals surface area contributed by atoms with Crippen LogP contribution in [0, 0.1) is 0 Å². The van der Waals surface area contributed by atoms with E-state index in [9.17, 15) is 9.59 Å². The highest BCUT2D eigenvalue weighted by Gasteiger charge is 2.11. The van der Waals surface area contributed by atoms with Crippen LogP contribution in [0.1, 0.15) is 23.1 Å². The molecule has 0 aliphatic rings. The number of carbonyl (C=O) groups is 1. The summed E-state index contributed by atoms with van der Waals surface area (Å²) < 4.78 is 1.78. The van der Waals surface area contributed by atoms with Crippen LogP contribution in [-0.4, -0.2) is 15.5 Å². The quantitative estimate of drug-likeness (QED) is 0.763. The maximum absolute atomic E-state index is 11.9. The molecule has 0 unspecified atom stereocenters. The van der Waals surface area contributed by atoms with Crippen LogP contribution in [0.25, 0.3) is 0 Å². The number of carbonyl (C=O) groups excluding carboxylic acids is 1. The molecular formula is C11H14N4O2S. The van der Waals surface area contributed by atoms with Crippen LogP contribution in [0.2, 0.25) is 0 Å². The number of aryl methyl sites for hydroxylation is 1. The van der Waals surface area contributed by atoms with Gasteiger partial charge < -0.3 is 20.6 Å². The maximum atomic E-state index is 11.9. The zero-order chi connectivity index (χ0) is 13.1. The van der Waals surface area contributed by atoms with Crippen molar-refractivity contribution in [1.29, 1.82) is 0 Å². The smallest absolute Gasteiger partial charge is 0.304 e. The van der Waals surface area contributed by atoms with Crippen LogP contribution in [0.5, 0.6) is 0 Å². The van der Waals surface area contributed by atoms with Crippen molar-refractivity contribution in [1.82, 2.24) is 14.9 Å². The van der Waals surface area contributed by atoms with Gasteiger partial charge in [-0.2, -0.15) is 0 Å². The molecule has 1 amide bonds. The number of H-pyrrole nitrogens is 1. The van der Waals surface area contributed by atoms with Gasteiger partial charge in [-0.15, -0.1) is 0 Å². The summed E-state index contributed by atoms with van der Waals surface area (Å²) in [4.78, 5) is 25.4. The first kappa shape index (κ1) is 12.4. The van der Waals surface area contributed by atoms with E-state index in [0.29, 0.717) is 30.2 Å². The first-order valence-electron chi connectivity index (χ1n) is 5.50. The van der Waals surface area contributed by atoms with Crippen LogP contribution in [0.15, 0.2) is 22.4 Å².